The first kappa shape index (κ1) is 26.2. The predicted molar refractivity (Wildman–Crippen MR) is 138 cm³/mol. The molecule has 1 fully saturated rings. The molecule has 2 aromatic rings. The van der Waals surface area contributed by atoms with Gasteiger partial charge in [0, 0.05) is 25.6 Å². The van der Waals surface area contributed by atoms with Crippen LogP contribution in [0.1, 0.15) is 50.8 Å². The van der Waals surface area contributed by atoms with Gasteiger partial charge < -0.3 is 20.0 Å². The van der Waals surface area contributed by atoms with Crippen molar-refractivity contribution in [2.45, 2.75) is 52.0 Å². The van der Waals surface area contributed by atoms with Crippen molar-refractivity contribution < 1.29 is 9.21 Å². The number of amides is 1. The molecule has 2 heterocycles. The summed E-state index contributed by atoms with van der Waals surface area (Å²) in [5.41, 5.74) is 1.30. The quantitative estimate of drug-likeness (QED) is 0.324. The number of halogens is 1. The number of piperidine rings is 1. The molecule has 1 aromatic heterocycles. The van der Waals surface area contributed by atoms with Crippen LogP contribution in [0, 0.1) is 5.92 Å². The molecule has 1 aliphatic heterocycles. The maximum Gasteiger partial charge on any atom is 0.241 e. The summed E-state index contributed by atoms with van der Waals surface area (Å²) in [7, 11) is 1.69. The molecular formula is C24H36IN5O2. The van der Waals surface area contributed by atoms with Crippen LogP contribution in [0.5, 0.6) is 0 Å². The number of benzene rings is 1. The van der Waals surface area contributed by atoms with Crippen LogP contribution in [0.25, 0.3) is 0 Å². The van der Waals surface area contributed by atoms with E-state index < -0.39 is 0 Å². The number of hydrogen-bond donors (Lipinski definition) is 2. The number of nitrogens with one attached hydrogen (secondary N) is 2. The average Bonchev–Trinajstić information content (AvgIpc) is 3.25. The maximum atomic E-state index is 12.6. The lowest BCUT2D eigenvalue weighted by molar-refractivity contribution is -0.131. The van der Waals surface area contributed by atoms with E-state index in [2.05, 4.69) is 71.7 Å². The van der Waals surface area contributed by atoms with Crippen molar-refractivity contribution in [3.8, 4) is 0 Å². The van der Waals surface area contributed by atoms with Crippen LogP contribution in [-0.2, 0) is 23.2 Å². The molecule has 1 amide bonds. The molecule has 0 saturated carbocycles. The second-order valence-electron chi connectivity index (χ2n) is 9.16. The topological polar surface area (TPSA) is 82.8 Å². The van der Waals surface area contributed by atoms with Gasteiger partial charge in [-0.2, -0.15) is 0 Å². The lowest BCUT2D eigenvalue weighted by atomic mass is 9.90. The van der Waals surface area contributed by atoms with Crippen molar-refractivity contribution in [2.75, 3.05) is 26.7 Å². The van der Waals surface area contributed by atoms with E-state index in [1.165, 1.54) is 5.56 Å². The molecule has 3 rings (SSSR count). The Morgan fingerprint density at radius 1 is 1.19 bits per heavy atom. The number of carbonyl (C=O) groups excluding carboxylic acids is 1. The molecule has 1 aliphatic rings. The highest BCUT2D eigenvalue weighted by molar-refractivity contribution is 14.0. The smallest absolute Gasteiger partial charge is 0.241 e. The van der Waals surface area contributed by atoms with Gasteiger partial charge in [-0.3, -0.25) is 9.79 Å². The Morgan fingerprint density at radius 2 is 1.88 bits per heavy atom. The summed E-state index contributed by atoms with van der Waals surface area (Å²) in [6, 6.07) is 10.6. The molecule has 176 valence electrons. The number of likely N-dealkylation sites (tertiary alicyclic amines) is 1. The van der Waals surface area contributed by atoms with Gasteiger partial charge >= 0.3 is 0 Å². The predicted octanol–water partition coefficient (Wildman–Crippen LogP) is 3.74. The second-order valence-corrected chi connectivity index (χ2v) is 9.16. The van der Waals surface area contributed by atoms with Gasteiger partial charge in [0.2, 0.25) is 11.8 Å². The highest BCUT2D eigenvalue weighted by Gasteiger charge is 2.23. The Kier molecular flexibility index (Phi) is 9.99. The van der Waals surface area contributed by atoms with E-state index in [-0.39, 0.29) is 41.8 Å². The first-order valence-corrected chi connectivity index (χ1v) is 11.1. The van der Waals surface area contributed by atoms with E-state index in [4.69, 9.17) is 4.42 Å². The van der Waals surface area contributed by atoms with Crippen molar-refractivity contribution in [2.24, 2.45) is 10.9 Å². The maximum absolute atomic E-state index is 12.6. The molecule has 1 saturated heterocycles. The first-order valence-electron chi connectivity index (χ1n) is 11.1. The zero-order valence-electron chi connectivity index (χ0n) is 19.6. The number of rotatable bonds is 6. The molecule has 0 unspecified atom stereocenters. The molecule has 0 spiro atoms. The van der Waals surface area contributed by atoms with Gasteiger partial charge in [0.1, 0.15) is 5.76 Å². The highest BCUT2D eigenvalue weighted by atomic mass is 127. The van der Waals surface area contributed by atoms with Crippen molar-refractivity contribution in [1.29, 1.82) is 0 Å². The number of hydrogen-bond acceptors (Lipinski definition) is 4. The zero-order chi connectivity index (χ0) is 22.3. The fourth-order valence-electron chi connectivity index (χ4n) is 3.72. The molecule has 0 radical (unpaired) electrons. The van der Waals surface area contributed by atoms with Crippen LogP contribution in [0.4, 0.5) is 0 Å². The molecule has 0 aliphatic carbocycles. The number of guanidine groups is 1. The van der Waals surface area contributed by atoms with Gasteiger partial charge in [-0.05, 0) is 30.7 Å². The third kappa shape index (κ3) is 7.79. The van der Waals surface area contributed by atoms with E-state index >= 15 is 0 Å². The molecule has 7 nitrogen and oxygen atoms in total. The Morgan fingerprint density at radius 3 is 2.47 bits per heavy atom. The van der Waals surface area contributed by atoms with E-state index in [1.54, 1.807) is 13.2 Å². The lowest BCUT2D eigenvalue weighted by Crippen LogP contribution is -2.46. The zero-order valence-corrected chi connectivity index (χ0v) is 21.9. The lowest BCUT2D eigenvalue weighted by Gasteiger charge is -2.32. The minimum absolute atomic E-state index is 0. The fourth-order valence-corrected chi connectivity index (χ4v) is 3.72. The van der Waals surface area contributed by atoms with Crippen molar-refractivity contribution in [3.05, 3.63) is 53.7 Å². The number of aliphatic imine (C=N–C) groups is 1. The number of aromatic nitrogens is 1. The summed E-state index contributed by atoms with van der Waals surface area (Å²) in [6.45, 7) is 8.52. The Labute approximate surface area is 208 Å². The van der Waals surface area contributed by atoms with Crippen LogP contribution in [0.15, 0.2) is 45.9 Å². The van der Waals surface area contributed by atoms with E-state index in [1.807, 2.05) is 4.90 Å². The second kappa shape index (κ2) is 12.2. The molecule has 0 bridgehead atoms. The number of oxazole rings is 1. The summed E-state index contributed by atoms with van der Waals surface area (Å²) in [6.07, 6.45) is 4.95. The van der Waals surface area contributed by atoms with Crippen LogP contribution in [0.3, 0.4) is 0 Å². The SMILES string of the molecule is CN=C(NCC(=O)N1CCC(Cc2ccccc2)CC1)NCc1ncc(C(C)(C)C)o1.I. The monoisotopic (exact) mass is 553 g/mol. The Bertz CT molecular complexity index is 868. The van der Waals surface area contributed by atoms with Gasteiger partial charge in [0.15, 0.2) is 5.96 Å². The van der Waals surface area contributed by atoms with Crippen molar-refractivity contribution >= 4 is 35.8 Å². The van der Waals surface area contributed by atoms with E-state index in [9.17, 15) is 4.79 Å². The normalized spacial score (nSPS) is 15.2. The van der Waals surface area contributed by atoms with Gasteiger partial charge in [-0.15, -0.1) is 24.0 Å². The molecule has 0 atom stereocenters. The molecule has 1 aromatic carbocycles. The minimum atomic E-state index is -0.0772. The van der Waals surface area contributed by atoms with Crippen molar-refractivity contribution in [1.82, 2.24) is 20.5 Å². The molecular weight excluding hydrogens is 517 g/mol. The summed E-state index contributed by atoms with van der Waals surface area (Å²) >= 11 is 0. The first-order chi connectivity index (χ1) is 14.8. The number of nitrogens with zero attached hydrogens (tertiary/aromatic N) is 3. The van der Waals surface area contributed by atoms with Crippen LogP contribution < -0.4 is 10.6 Å². The van der Waals surface area contributed by atoms with Crippen molar-refractivity contribution in [3.63, 3.8) is 0 Å². The fraction of sp³-hybridized carbons (Fsp3) is 0.542. The van der Waals surface area contributed by atoms with E-state index in [0.717, 1.165) is 38.1 Å². The largest absolute Gasteiger partial charge is 0.443 e. The minimum Gasteiger partial charge on any atom is -0.443 e. The van der Waals surface area contributed by atoms with Crippen LogP contribution in [-0.4, -0.2) is 48.4 Å². The Hall–Kier alpha value is -2.10. The average molecular weight is 553 g/mol. The third-order valence-corrected chi connectivity index (χ3v) is 5.66. The third-order valence-electron chi connectivity index (χ3n) is 5.66. The van der Waals surface area contributed by atoms with Crippen LogP contribution >= 0.6 is 24.0 Å². The molecule has 8 heteroatoms. The highest BCUT2D eigenvalue weighted by Crippen LogP contribution is 2.23. The van der Waals surface area contributed by atoms with Gasteiger partial charge in [-0.25, -0.2) is 4.98 Å². The summed E-state index contributed by atoms with van der Waals surface area (Å²) < 4.78 is 5.78. The Balaban J connectivity index is 0.00000363. The van der Waals surface area contributed by atoms with E-state index in [0.29, 0.717) is 24.3 Å². The van der Waals surface area contributed by atoms with Gasteiger partial charge in [0.25, 0.3) is 0 Å². The molecule has 32 heavy (non-hydrogen) atoms. The summed E-state index contributed by atoms with van der Waals surface area (Å²) in [5, 5.41) is 6.26. The number of carbonyl (C=O) groups is 1. The molecule has 2 N–H and O–H groups in total. The standard InChI is InChI=1S/C24H35N5O2.HI/c1-24(2,3)20-15-26-21(31-20)16-27-23(25-4)28-17-22(30)29-12-10-19(11-13-29)14-18-8-6-5-7-9-18;/h5-9,15,19H,10-14,16-17H2,1-4H3,(H2,25,27,28);1H. The summed E-state index contributed by atoms with van der Waals surface area (Å²) in [4.78, 5) is 23.1. The van der Waals surface area contributed by atoms with Gasteiger partial charge in [-0.1, -0.05) is 51.1 Å². The summed E-state index contributed by atoms with van der Waals surface area (Å²) in [5.74, 6) is 2.75. The van der Waals surface area contributed by atoms with Gasteiger partial charge in [0.05, 0.1) is 19.3 Å². The van der Waals surface area contributed by atoms with Crippen LogP contribution in [0.2, 0.25) is 0 Å².